The molecule has 1 aromatic heterocycles. The summed E-state index contributed by atoms with van der Waals surface area (Å²) in [6, 6.07) is 2.13. The average molecular weight is 316 g/mol. The van der Waals surface area contributed by atoms with E-state index in [4.69, 9.17) is 4.74 Å². The quantitative estimate of drug-likeness (QED) is 0.860. The van der Waals surface area contributed by atoms with Crippen molar-refractivity contribution in [3.05, 3.63) is 23.9 Å². The predicted molar refractivity (Wildman–Crippen MR) is 74.3 cm³/mol. The maximum atomic E-state index is 12.4. The molecular weight excluding hydrogens is 297 g/mol. The van der Waals surface area contributed by atoms with E-state index in [1.807, 2.05) is 20.8 Å². The smallest absolute Gasteiger partial charge is 0.417 e. The summed E-state index contributed by atoms with van der Waals surface area (Å²) in [5.74, 6) is 0.202. The van der Waals surface area contributed by atoms with Crippen molar-refractivity contribution in [1.82, 2.24) is 9.88 Å². The molecule has 2 rings (SSSR count). The summed E-state index contributed by atoms with van der Waals surface area (Å²) in [4.78, 5) is 17.3. The third kappa shape index (κ3) is 4.35. The summed E-state index contributed by atoms with van der Waals surface area (Å²) < 4.78 is 42.7. The lowest BCUT2D eigenvalue weighted by Crippen LogP contribution is -2.56. The van der Waals surface area contributed by atoms with Gasteiger partial charge in [0.1, 0.15) is 6.10 Å². The first-order valence-corrected chi connectivity index (χ1v) is 7.02. The third-order valence-corrected chi connectivity index (χ3v) is 3.23. The average Bonchev–Trinajstić information content (AvgIpc) is 2.30. The SMILES string of the molecule is CC(C)(C)CC(=O)N1CC(Oc2ccc(C(F)(F)F)cn2)C1. The topological polar surface area (TPSA) is 42.4 Å². The molecule has 0 bridgehead atoms. The molecule has 0 saturated carbocycles. The van der Waals surface area contributed by atoms with Crippen LogP contribution in [0, 0.1) is 5.41 Å². The fourth-order valence-corrected chi connectivity index (χ4v) is 2.07. The number of alkyl halides is 3. The Hall–Kier alpha value is -1.79. The van der Waals surface area contributed by atoms with Gasteiger partial charge in [0, 0.05) is 18.7 Å². The van der Waals surface area contributed by atoms with Gasteiger partial charge in [0.15, 0.2) is 0 Å². The van der Waals surface area contributed by atoms with Gasteiger partial charge in [0.25, 0.3) is 0 Å². The molecule has 1 aromatic rings. The Morgan fingerprint density at radius 2 is 1.95 bits per heavy atom. The molecule has 122 valence electrons. The number of likely N-dealkylation sites (tertiary alicyclic amines) is 1. The predicted octanol–water partition coefficient (Wildman–Crippen LogP) is 3.13. The van der Waals surface area contributed by atoms with Gasteiger partial charge in [-0.25, -0.2) is 4.98 Å². The second-order valence-corrected chi connectivity index (χ2v) is 6.66. The van der Waals surface area contributed by atoms with Crippen molar-refractivity contribution in [2.45, 2.75) is 39.5 Å². The molecule has 1 amide bonds. The van der Waals surface area contributed by atoms with Crippen LogP contribution in [0.5, 0.6) is 5.88 Å². The van der Waals surface area contributed by atoms with E-state index in [-0.39, 0.29) is 23.3 Å². The van der Waals surface area contributed by atoms with Gasteiger partial charge in [-0.3, -0.25) is 4.79 Å². The van der Waals surface area contributed by atoms with E-state index in [0.717, 1.165) is 12.3 Å². The largest absolute Gasteiger partial charge is 0.471 e. The second kappa shape index (κ2) is 5.78. The van der Waals surface area contributed by atoms with E-state index in [0.29, 0.717) is 19.5 Å². The monoisotopic (exact) mass is 316 g/mol. The van der Waals surface area contributed by atoms with E-state index >= 15 is 0 Å². The van der Waals surface area contributed by atoms with Gasteiger partial charge >= 0.3 is 6.18 Å². The lowest BCUT2D eigenvalue weighted by molar-refractivity contribution is -0.142. The van der Waals surface area contributed by atoms with E-state index in [9.17, 15) is 18.0 Å². The minimum atomic E-state index is -4.40. The standard InChI is InChI=1S/C15H19F3N2O2/c1-14(2,3)6-13(21)20-8-11(9-20)22-12-5-4-10(7-19-12)15(16,17)18/h4-5,7,11H,6,8-9H2,1-3H3. The third-order valence-electron chi connectivity index (χ3n) is 3.23. The maximum absolute atomic E-state index is 12.4. The molecule has 0 radical (unpaired) electrons. The number of pyridine rings is 1. The number of aromatic nitrogens is 1. The number of rotatable bonds is 3. The van der Waals surface area contributed by atoms with Crippen molar-refractivity contribution in [3.8, 4) is 5.88 Å². The number of carbonyl (C=O) groups excluding carboxylic acids is 1. The van der Waals surface area contributed by atoms with Gasteiger partial charge < -0.3 is 9.64 Å². The molecule has 1 aliphatic heterocycles. The zero-order valence-electron chi connectivity index (χ0n) is 12.8. The van der Waals surface area contributed by atoms with Crippen LogP contribution >= 0.6 is 0 Å². The number of hydrogen-bond acceptors (Lipinski definition) is 3. The molecule has 0 unspecified atom stereocenters. The summed E-state index contributed by atoms with van der Waals surface area (Å²) >= 11 is 0. The van der Waals surface area contributed by atoms with Crippen molar-refractivity contribution in [1.29, 1.82) is 0 Å². The molecule has 0 N–H and O–H groups in total. The maximum Gasteiger partial charge on any atom is 0.417 e. The van der Waals surface area contributed by atoms with Crippen LogP contribution in [0.4, 0.5) is 13.2 Å². The first kappa shape index (κ1) is 16.6. The molecule has 4 nitrogen and oxygen atoms in total. The first-order chi connectivity index (χ1) is 10.0. The Kier molecular flexibility index (Phi) is 4.35. The number of halogens is 3. The van der Waals surface area contributed by atoms with Crippen LogP contribution in [0.15, 0.2) is 18.3 Å². The summed E-state index contributed by atoms with van der Waals surface area (Å²) in [7, 11) is 0. The lowest BCUT2D eigenvalue weighted by atomic mass is 9.91. The van der Waals surface area contributed by atoms with Gasteiger partial charge in [0.05, 0.1) is 18.7 Å². The van der Waals surface area contributed by atoms with E-state index < -0.39 is 11.7 Å². The number of carbonyl (C=O) groups is 1. The van der Waals surface area contributed by atoms with Gasteiger partial charge in [-0.05, 0) is 11.5 Å². The van der Waals surface area contributed by atoms with Crippen LogP contribution < -0.4 is 4.74 Å². The normalized spacial score (nSPS) is 16.4. The zero-order chi connectivity index (χ0) is 16.5. The van der Waals surface area contributed by atoms with Crippen molar-refractivity contribution < 1.29 is 22.7 Å². The molecule has 0 atom stereocenters. The summed E-state index contributed by atoms with van der Waals surface area (Å²) in [6.45, 7) is 6.86. The number of nitrogens with zero attached hydrogens (tertiary/aromatic N) is 2. The van der Waals surface area contributed by atoms with Crippen LogP contribution in [0.2, 0.25) is 0 Å². The molecule has 1 fully saturated rings. The molecule has 0 aromatic carbocycles. The van der Waals surface area contributed by atoms with E-state index in [2.05, 4.69) is 4.98 Å². The van der Waals surface area contributed by atoms with Gasteiger partial charge in [0.2, 0.25) is 11.8 Å². The minimum Gasteiger partial charge on any atom is -0.471 e. The molecule has 22 heavy (non-hydrogen) atoms. The Morgan fingerprint density at radius 1 is 1.32 bits per heavy atom. The summed E-state index contributed by atoms with van der Waals surface area (Å²) in [5, 5.41) is 0. The Bertz CT molecular complexity index is 529. The van der Waals surface area contributed by atoms with Crippen molar-refractivity contribution in [2.24, 2.45) is 5.41 Å². The van der Waals surface area contributed by atoms with Crippen LogP contribution in [-0.2, 0) is 11.0 Å². The Balaban J connectivity index is 1.82. The first-order valence-electron chi connectivity index (χ1n) is 7.02. The van der Waals surface area contributed by atoms with E-state index in [1.54, 1.807) is 4.90 Å². The molecular formula is C15H19F3N2O2. The molecule has 0 spiro atoms. The van der Waals surface area contributed by atoms with Crippen LogP contribution in [0.1, 0.15) is 32.8 Å². The highest BCUT2D eigenvalue weighted by atomic mass is 19.4. The molecule has 1 saturated heterocycles. The Morgan fingerprint density at radius 3 is 2.41 bits per heavy atom. The summed E-state index contributed by atoms with van der Waals surface area (Å²) in [6.07, 6.45) is -3.42. The number of hydrogen-bond donors (Lipinski definition) is 0. The lowest BCUT2D eigenvalue weighted by Gasteiger charge is -2.39. The van der Waals surface area contributed by atoms with Crippen molar-refractivity contribution in [3.63, 3.8) is 0 Å². The van der Waals surface area contributed by atoms with Crippen molar-refractivity contribution in [2.75, 3.05) is 13.1 Å². The fraction of sp³-hybridized carbons (Fsp3) is 0.600. The highest BCUT2D eigenvalue weighted by Crippen LogP contribution is 2.29. The van der Waals surface area contributed by atoms with Gasteiger partial charge in [-0.1, -0.05) is 20.8 Å². The second-order valence-electron chi connectivity index (χ2n) is 6.66. The highest BCUT2D eigenvalue weighted by molar-refractivity contribution is 5.77. The minimum absolute atomic E-state index is 0.0627. The van der Waals surface area contributed by atoms with Crippen LogP contribution in [0.25, 0.3) is 0 Å². The zero-order valence-corrected chi connectivity index (χ0v) is 12.8. The van der Waals surface area contributed by atoms with Gasteiger partial charge in [-0.2, -0.15) is 13.2 Å². The van der Waals surface area contributed by atoms with Crippen LogP contribution in [0.3, 0.4) is 0 Å². The molecule has 7 heteroatoms. The number of ether oxygens (including phenoxy) is 1. The fourth-order valence-electron chi connectivity index (χ4n) is 2.07. The highest BCUT2D eigenvalue weighted by Gasteiger charge is 2.34. The van der Waals surface area contributed by atoms with E-state index in [1.165, 1.54) is 6.07 Å². The molecule has 2 heterocycles. The molecule has 0 aliphatic carbocycles. The summed E-state index contributed by atoms with van der Waals surface area (Å²) in [5.41, 5.74) is -0.881. The Labute approximate surface area is 127 Å². The van der Waals surface area contributed by atoms with Crippen molar-refractivity contribution >= 4 is 5.91 Å². The molecule has 1 aliphatic rings. The number of amides is 1. The van der Waals surface area contributed by atoms with Gasteiger partial charge in [-0.15, -0.1) is 0 Å². The van der Waals surface area contributed by atoms with Crippen LogP contribution in [-0.4, -0.2) is 35.0 Å².